The fourth-order valence-corrected chi connectivity index (χ4v) is 4.78. The molecule has 9 nitrogen and oxygen atoms in total. The predicted molar refractivity (Wildman–Crippen MR) is 156 cm³/mol. The van der Waals surface area contributed by atoms with Gasteiger partial charge in [0.05, 0.1) is 37.7 Å². The number of methoxy groups -OCH3 is 2. The van der Waals surface area contributed by atoms with E-state index in [0.717, 1.165) is 30.5 Å². The molecule has 9 heteroatoms. The lowest BCUT2D eigenvalue weighted by Gasteiger charge is -2.39. The number of aliphatic hydroxyl groups excluding tert-OH is 1. The van der Waals surface area contributed by atoms with Crippen molar-refractivity contribution in [3.05, 3.63) is 59.2 Å². The maximum Gasteiger partial charge on any atom is 0.138 e. The van der Waals surface area contributed by atoms with Crippen LogP contribution in [0.2, 0.25) is 0 Å². The molecule has 0 radical (unpaired) electrons. The Bertz CT molecular complexity index is 959. The summed E-state index contributed by atoms with van der Waals surface area (Å²) in [4.78, 5) is 0. The topological polar surface area (TPSA) is 111 Å². The van der Waals surface area contributed by atoms with Crippen LogP contribution in [-0.2, 0) is 36.9 Å². The predicted octanol–water partition coefficient (Wildman–Crippen LogP) is 3.68. The van der Waals surface area contributed by atoms with E-state index in [2.05, 4.69) is 34.9 Å². The molecule has 1 aliphatic rings. The lowest BCUT2D eigenvalue weighted by molar-refractivity contribution is -0.0622. The molecule has 3 rings (SSSR count). The molecule has 1 heterocycles. The van der Waals surface area contributed by atoms with Gasteiger partial charge < -0.3 is 44.5 Å². The van der Waals surface area contributed by atoms with Crippen LogP contribution >= 0.6 is 0 Å². The van der Waals surface area contributed by atoms with Crippen LogP contribution in [0.4, 0.5) is 5.69 Å². The van der Waals surface area contributed by atoms with Crippen molar-refractivity contribution in [3.63, 3.8) is 0 Å². The van der Waals surface area contributed by atoms with Gasteiger partial charge in [-0.15, -0.1) is 0 Å². The van der Waals surface area contributed by atoms with E-state index in [1.807, 2.05) is 19.1 Å². The molecule has 0 spiro atoms. The fraction of sp³-hybridized carbons (Fsp3) is 0.613. The van der Waals surface area contributed by atoms with E-state index in [-0.39, 0.29) is 36.4 Å². The summed E-state index contributed by atoms with van der Waals surface area (Å²) in [6.45, 7) is 7.67. The molecule has 2 aromatic rings. The summed E-state index contributed by atoms with van der Waals surface area (Å²) < 4.78 is 28.9. The number of phenolic OH excluding ortho intramolecular Hbond substituents is 1. The van der Waals surface area contributed by atoms with Gasteiger partial charge >= 0.3 is 0 Å². The maximum absolute atomic E-state index is 10.3. The van der Waals surface area contributed by atoms with Crippen LogP contribution in [0.25, 0.3) is 0 Å². The fourth-order valence-electron chi connectivity index (χ4n) is 4.78. The summed E-state index contributed by atoms with van der Waals surface area (Å²) in [5.74, 6) is 0.397. The minimum absolute atomic E-state index is 0.0408. The number of piperidine rings is 1. The third-order valence-electron chi connectivity index (χ3n) is 7.03. The zero-order chi connectivity index (χ0) is 28.6. The number of aliphatic hydroxyl groups is 1. The van der Waals surface area contributed by atoms with Crippen molar-refractivity contribution in [2.45, 2.75) is 51.1 Å². The molecular formula is C31H48N2O7. The van der Waals surface area contributed by atoms with Crippen molar-refractivity contribution in [2.75, 3.05) is 72.2 Å². The van der Waals surface area contributed by atoms with Crippen LogP contribution in [-0.4, -0.2) is 89.3 Å². The maximum atomic E-state index is 10.3. The van der Waals surface area contributed by atoms with Crippen molar-refractivity contribution in [3.8, 4) is 5.75 Å². The van der Waals surface area contributed by atoms with Crippen LogP contribution in [0.1, 0.15) is 42.4 Å². The molecule has 224 valence electrons. The van der Waals surface area contributed by atoms with Crippen LogP contribution in [0.5, 0.6) is 5.75 Å². The van der Waals surface area contributed by atoms with Gasteiger partial charge in [0.25, 0.3) is 0 Å². The second-order valence-electron chi connectivity index (χ2n) is 10.5. The van der Waals surface area contributed by atoms with Gasteiger partial charge in [-0.25, -0.2) is 0 Å². The summed E-state index contributed by atoms with van der Waals surface area (Å²) in [5, 5.41) is 26.3. The highest BCUT2D eigenvalue weighted by Gasteiger charge is 2.36. The van der Waals surface area contributed by atoms with E-state index >= 15 is 0 Å². The largest absolute Gasteiger partial charge is 0.506 e. The van der Waals surface area contributed by atoms with Gasteiger partial charge in [0, 0.05) is 72.1 Å². The Kier molecular flexibility index (Phi) is 14.7. The molecule has 2 aromatic carbocycles. The van der Waals surface area contributed by atoms with Gasteiger partial charge in [0.15, 0.2) is 0 Å². The number of ether oxygens (including phenoxy) is 5. The van der Waals surface area contributed by atoms with E-state index in [0.29, 0.717) is 58.4 Å². The molecule has 0 aliphatic carbocycles. The molecule has 0 saturated carbocycles. The van der Waals surface area contributed by atoms with Crippen LogP contribution in [0.3, 0.4) is 0 Å². The zero-order valence-electron chi connectivity index (χ0n) is 24.3. The average Bonchev–Trinajstić information content (AvgIpc) is 2.98. The first kappa shape index (κ1) is 32.3. The third-order valence-corrected chi connectivity index (χ3v) is 7.03. The number of hydrogen-bond acceptors (Lipinski definition) is 9. The minimum atomic E-state index is -0.0967. The Morgan fingerprint density at radius 2 is 1.60 bits per heavy atom. The number of hydrogen-bond donors (Lipinski definition) is 4. The number of benzene rings is 2. The quantitative estimate of drug-likeness (QED) is 0.151. The monoisotopic (exact) mass is 560 g/mol. The van der Waals surface area contributed by atoms with Gasteiger partial charge in [-0.05, 0) is 41.7 Å². The molecule has 40 heavy (non-hydrogen) atoms. The van der Waals surface area contributed by atoms with E-state index in [1.54, 1.807) is 20.3 Å². The number of anilines is 1. The summed E-state index contributed by atoms with van der Waals surface area (Å²) in [6.07, 6.45) is 1.55. The van der Waals surface area contributed by atoms with Crippen molar-refractivity contribution >= 4 is 5.69 Å². The van der Waals surface area contributed by atoms with Crippen molar-refractivity contribution < 1.29 is 33.9 Å². The lowest BCUT2D eigenvalue weighted by Crippen LogP contribution is -2.50. The van der Waals surface area contributed by atoms with Crippen LogP contribution < -0.4 is 10.6 Å². The molecule has 1 fully saturated rings. The smallest absolute Gasteiger partial charge is 0.138 e. The first-order chi connectivity index (χ1) is 19.5. The lowest BCUT2D eigenvalue weighted by atomic mass is 9.85. The number of nitrogens with one attached hydrogen (secondary N) is 2. The Hall–Kier alpha value is -2.24. The van der Waals surface area contributed by atoms with Crippen molar-refractivity contribution in [1.29, 1.82) is 0 Å². The average molecular weight is 561 g/mol. The molecule has 0 aromatic heterocycles. The van der Waals surface area contributed by atoms with Crippen LogP contribution in [0.15, 0.2) is 42.5 Å². The zero-order valence-corrected chi connectivity index (χ0v) is 24.3. The highest BCUT2D eigenvalue weighted by molar-refractivity contribution is 5.57. The number of aromatic hydroxyl groups is 1. The van der Waals surface area contributed by atoms with Gasteiger partial charge in [0.1, 0.15) is 5.75 Å². The number of rotatable bonds is 19. The normalized spacial score (nSPS) is 19.9. The number of phenols is 1. The molecule has 0 bridgehead atoms. The van der Waals surface area contributed by atoms with Gasteiger partial charge in [-0.1, -0.05) is 37.3 Å². The standard InChI is InChI=1S/C31H48N2O7/c1-23(19-34)20-38-21-24-6-9-26(10-7-24)31-29(39-15-5-14-37-3)17-32-18-30(31)40-22-25-8-11-28(35)27(16-25)33-12-4-13-36-2/h6-11,16,23,29-35H,4-5,12-15,17-22H2,1-3H3/t23-,29+,30-,31-/m0/s1. The molecular weight excluding hydrogens is 512 g/mol. The SMILES string of the molecule is COCCCNc1cc(CO[C@H]2CNC[C@@H](OCCCOC)[C@@H]2c2ccc(COC[C@@H](C)CO)cc2)ccc1O. The second kappa shape index (κ2) is 18.2. The summed E-state index contributed by atoms with van der Waals surface area (Å²) in [6, 6.07) is 14.0. The van der Waals surface area contributed by atoms with Gasteiger partial charge in [0.2, 0.25) is 0 Å². The van der Waals surface area contributed by atoms with E-state index in [4.69, 9.17) is 23.7 Å². The first-order valence-corrected chi connectivity index (χ1v) is 14.3. The Morgan fingerprint density at radius 1 is 0.900 bits per heavy atom. The Morgan fingerprint density at radius 3 is 2.33 bits per heavy atom. The summed E-state index contributed by atoms with van der Waals surface area (Å²) in [5.41, 5.74) is 3.94. The molecule has 4 atom stereocenters. The summed E-state index contributed by atoms with van der Waals surface area (Å²) in [7, 11) is 3.39. The first-order valence-electron chi connectivity index (χ1n) is 14.3. The third kappa shape index (κ3) is 10.6. The summed E-state index contributed by atoms with van der Waals surface area (Å²) >= 11 is 0. The molecule has 1 aliphatic heterocycles. The Labute approximate surface area is 239 Å². The van der Waals surface area contributed by atoms with E-state index in [9.17, 15) is 10.2 Å². The Balaban J connectivity index is 1.68. The van der Waals surface area contributed by atoms with Gasteiger partial charge in [-0.3, -0.25) is 0 Å². The molecule has 1 saturated heterocycles. The van der Waals surface area contributed by atoms with E-state index in [1.165, 1.54) is 5.56 Å². The molecule has 0 amide bonds. The van der Waals surface area contributed by atoms with Crippen molar-refractivity contribution in [1.82, 2.24) is 5.32 Å². The van der Waals surface area contributed by atoms with Gasteiger partial charge in [-0.2, -0.15) is 0 Å². The van der Waals surface area contributed by atoms with Crippen LogP contribution in [0, 0.1) is 5.92 Å². The minimum Gasteiger partial charge on any atom is -0.506 e. The molecule has 0 unspecified atom stereocenters. The molecule has 4 N–H and O–H groups in total. The van der Waals surface area contributed by atoms with Crippen molar-refractivity contribution in [2.24, 2.45) is 5.92 Å². The highest BCUT2D eigenvalue weighted by atomic mass is 16.5. The highest BCUT2D eigenvalue weighted by Crippen LogP contribution is 2.32. The second-order valence-corrected chi connectivity index (χ2v) is 10.5. The van der Waals surface area contributed by atoms with E-state index < -0.39 is 0 Å².